The number of unbranched alkanes of at least 4 members (excludes halogenated alkanes) is 22. The second-order valence-electron chi connectivity index (χ2n) is 13.4. The standard InChI is InChI=1S/C28H58IN.C13H9N/c1-4-5-6-7-8-9-10-11-12-13-14-15-16-17-18-19-20-21-22-23-24-25-26-27-28(29)30(2)3;1-3-7-12-10(5-1)9-11-6-2-4-8-13(11)14-12/h28H,4-27H2,1-3H3;1-9H/p+1. The molecule has 0 radical (unpaired) electrons. The summed E-state index contributed by atoms with van der Waals surface area (Å²) in [5, 5.41) is 2.51. The molecule has 0 aliphatic rings. The van der Waals surface area contributed by atoms with Crippen LogP contribution in [0.1, 0.15) is 161 Å². The Hall–Kier alpha value is -1.20. The number of nitrogens with zero attached hydrogens (tertiary/aromatic N) is 1. The van der Waals surface area contributed by atoms with E-state index in [1.54, 1.807) is 0 Å². The summed E-state index contributed by atoms with van der Waals surface area (Å²) in [5.74, 6) is 0. The predicted octanol–water partition coefficient (Wildman–Crippen LogP) is 13.5. The van der Waals surface area contributed by atoms with E-state index in [4.69, 9.17) is 0 Å². The molecule has 0 aliphatic carbocycles. The minimum atomic E-state index is 0.720. The molecule has 3 rings (SSSR count). The van der Waals surface area contributed by atoms with Crippen molar-refractivity contribution in [2.45, 2.75) is 165 Å². The van der Waals surface area contributed by atoms with Crippen LogP contribution in [0.15, 0.2) is 54.6 Å². The third-order valence-corrected chi connectivity index (χ3v) is 10.8. The van der Waals surface area contributed by atoms with Gasteiger partial charge in [-0.1, -0.05) is 201 Å². The van der Waals surface area contributed by atoms with E-state index in [0.29, 0.717) is 0 Å². The highest BCUT2D eigenvalue weighted by Crippen LogP contribution is 2.18. The van der Waals surface area contributed by atoms with Crippen molar-refractivity contribution < 1.29 is 4.98 Å². The first kappa shape index (κ1) is 39.0. The van der Waals surface area contributed by atoms with Gasteiger partial charge in [0.1, 0.15) is 0 Å². The van der Waals surface area contributed by atoms with Crippen LogP contribution in [0.4, 0.5) is 0 Å². The van der Waals surface area contributed by atoms with Crippen molar-refractivity contribution in [3.63, 3.8) is 0 Å². The highest BCUT2D eigenvalue weighted by atomic mass is 127. The van der Waals surface area contributed by atoms with Crippen LogP contribution in [0.3, 0.4) is 0 Å². The Labute approximate surface area is 286 Å². The van der Waals surface area contributed by atoms with Gasteiger partial charge in [0.2, 0.25) is 11.0 Å². The van der Waals surface area contributed by atoms with Crippen LogP contribution in [0.25, 0.3) is 21.8 Å². The van der Waals surface area contributed by atoms with Crippen LogP contribution in [0, 0.1) is 0 Å². The fourth-order valence-corrected chi connectivity index (χ4v) is 6.58. The average Bonchev–Trinajstić information content (AvgIpc) is 3.04. The number of benzene rings is 2. The fourth-order valence-electron chi connectivity index (χ4n) is 6.14. The van der Waals surface area contributed by atoms with Gasteiger partial charge in [0, 0.05) is 22.9 Å². The van der Waals surface area contributed by atoms with Gasteiger partial charge in [0.25, 0.3) is 0 Å². The van der Waals surface area contributed by atoms with Crippen molar-refractivity contribution in [3.8, 4) is 0 Å². The Morgan fingerprint density at radius 3 is 1.16 bits per heavy atom. The third-order valence-electron chi connectivity index (χ3n) is 9.11. The number of para-hydroxylation sites is 2. The van der Waals surface area contributed by atoms with Crippen LogP contribution in [-0.4, -0.2) is 23.0 Å². The number of rotatable bonds is 25. The lowest BCUT2D eigenvalue weighted by Gasteiger charge is -2.17. The minimum absolute atomic E-state index is 0.720. The Balaban J connectivity index is 0.000000391. The molecule has 2 aromatic carbocycles. The number of fused-ring (bicyclic) bond motifs is 2. The molecular formula is C41H68IN2+. The number of hydrogen-bond acceptors (Lipinski definition) is 1. The second kappa shape index (κ2) is 27.0. The van der Waals surface area contributed by atoms with Gasteiger partial charge in [-0.05, 0) is 38.7 Å². The summed E-state index contributed by atoms with van der Waals surface area (Å²) in [6, 6.07) is 18.9. The number of pyridine rings is 1. The highest BCUT2D eigenvalue weighted by molar-refractivity contribution is 14.1. The van der Waals surface area contributed by atoms with Crippen molar-refractivity contribution in [1.29, 1.82) is 0 Å². The summed E-state index contributed by atoms with van der Waals surface area (Å²) < 4.78 is 0.720. The number of H-pyrrole nitrogens is 1. The zero-order chi connectivity index (χ0) is 31.5. The fraction of sp³-hybridized carbons (Fsp3) is 0.683. The quantitative estimate of drug-likeness (QED) is 0.0281. The number of hydrogen-bond donors (Lipinski definition) is 0. The second-order valence-corrected chi connectivity index (χ2v) is 14.8. The Bertz CT molecular complexity index is 960. The SMILES string of the molecule is CCCCCCCCCCCCCCCCCCCCCCCCCC(I)N(C)C.c1ccc2[nH+]c3ccccc3cc2c1. The number of halogens is 1. The smallest absolute Gasteiger partial charge is 0.211 e. The van der Waals surface area contributed by atoms with Gasteiger partial charge >= 0.3 is 0 Å². The summed E-state index contributed by atoms with van der Waals surface area (Å²) in [5.41, 5.74) is 2.37. The summed E-state index contributed by atoms with van der Waals surface area (Å²) in [7, 11) is 4.38. The van der Waals surface area contributed by atoms with Gasteiger partial charge in [-0.25, -0.2) is 4.98 Å². The van der Waals surface area contributed by atoms with Gasteiger partial charge in [-0.3, -0.25) is 4.90 Å². The first-order valence-corrected chi connectivity index (χ1v) is 20.0. The number of aromatic amines is 1. The van der Waals surface area contributed by atoms with E-state index in [-0.39, 0.29) is 0 Å². The van der Waals surface area contributed by atoms with Crippen molar-refractivity contribution in [2.75, 3.05) is 14.1 Å². The number of nitrogens with one attached hydrogen (secondary N) is 1. The van der Waals surface area contributed by atoms with Crippen molar-refractivity contribution >= 4 is 44.4 Å². The molecule has 0 saturated carbocycles. The first-order chi connectivity index (χ1) is 21.6. The van der Waals surface area contributed by atoms with E-state index in [2.05, 4.69) is 96.0 Å². The molecule has 1 N–H and O–H groups in total. The molecular weight excluding hydrogens is 647 g/mol. The van der Waals surface area contributed by atoms with Crippen molar-refractivity contribution in [3.05, 3.63) is 54.6 Å². The molecule has 1 unspecified atom stereocenters. The van der Waals surface area contributed by atoms with E-state index < -0.39 is 0 Å². The molecule has 1 heterocycles. The Kier molecular flexibility index (Phi) is 23.9. The molecule has 0 spiro atoms. The Morgan fingerprint density at radius 2 is 0.818 bits per heavy atom. The molecule has 3 heteroatoms. The molecule has 1 atom stereocenters. The minimum Gasteiger partial charge on any atom is -0.298 e. The lowest BCUT2D eigenvalue weighted by Crippen LogP contribution is -2.21. The maximum Gasteiger partial charge on any atom is 0.211 e. The van der Waals surface area contributed by atoms with Crippen molar-refractivity contribution in [2.24, 2.45) is 0 Å². The monoisotopic (exact) mass is 715 g/mol. The van der Waals surface area contributed by atoms with Crippen molar-refractivity contribution in [1.82, 2.24) is 4.90 Å². The zero-order valence-electron chi connectivity index (χ0n) is 29.1. The van der Waals surface area contributed by atoms with Gasteiger partial charge in [-0.2, -0.15) is 0 Å². The molecule has 0 aliphatic heterocycles. The maximum atomic E-state index is 3.41. The average molecular weight is 716 g/mol. The number of alkyl halides is 1. The largest absolute Gasteiger partial charge is 0.298 e. The van der Waals surface area contributed by atoms with Crippen LogP contribution >= 0.6 is 22.6 Å². The van der Waals surface area contributed by atoms with E-state index in [1.165, 1.54) is 176 Å². The molecule has 0 bridgehead atoms. The summed E-state index contributed by atoms with van der Waals surface area (Å²) in [6.45, 7) is 2.30. The molecule has 2 nitrogen and oxygen atoms in total. The summed E-state index contributed by atoms with van der Waals surface area (Å²) >= 11 is 2.57. The van der Waals surface area contributed by atoms with Gasteiger partial charge < -0.3 is 0 Å². The molecule has 248 valence electrons. The van der Waals surface area contributed by atoms with Crippen LogP contribution in [-0.2, 0) is 0 Å². The third kappa shape index (κ3) is 19.3. The Morgan fingerprint density at radius 1 is 0.500 bits per heavy atom. The highest BCUT2D eigenvalue weighted by Gasteiger charge is 2.05. The molecule has 0 amide bonds. The van der Waals surface area contributed by atoms with Gasteiger partial charge in [-0.15, -0.1) is 0 Å². The molecule has 0 saturated heterocycles. The van der Waals surface area contributed by atoms with Crippen LogP contribution in [0.5, 0.6) is 0 Å². The lowest BCUT2D eigenvalue weighted by atomic mass is 10.0. The first-order valence-electron chi connectivity index (χ1n) is 18.7. The van der Waals surface area contributed by atoms with E-state index in [9.17, 15) is 0 Å². The van der Waals surface area contributed by atoms with Gasteiger partial charge in [0.05, 0.1) is 4.05 Å². The number of aromatic nitrogens is 1. The van der Waals surface area contributed by atoms with E-state index >= 15 is 0 Å². The van der Waals surface area contributed by atoms with Crippen LogP contribution < -0.4 is 4.98 Å². The van der Waals surface area contributed by atoms with Gasteiger partial charge in [0.15, 0.2) is 0 Å². The lowest BCUT2D eigenvalue weighted by molar-refractivity contribution is -0.310. The molecule has 3 aromatic rings. The molecule has 0 fully saturated rings. The molecule has 44 heavy (non-hydrogen) atoms. The van der Waals surface area contributed by atoms with E-state index in [1.807, 2.05) is 12.1 Å². The summed E-state index contributed by atoms with van der Waals surface area (Å²) in [4.78, 5) is 5.74. The predicted molar refractivity (Wildman–Crippen MR) is 206 cm³/mol. The van der Waals surface area contributed by atoms with E-state index in [0.717, 1.165) is 4.05 Å². The summed E-state index contributed by atoms with van der Waals surface area (Å²) in [6.07, 6.45) is 35.2. The normalized spacial score (nSPS) is 12.1. The topological polar surface area (TPSA) is 17.4 Å². The molecule has 1 aromatic heterocycles. The zero-order valence-corrected chi connectivity index (χ0v) is 31.2. The van der Waals surface area contributed by atoms with Crippen LogP contribution in [0.2, 0.25) is 0 Å². The maximum absolute atomic E-state index is 3.41.